The van der Waals surface area contributed by atoms with E-state index in [9.17, 15) is 4.79 Å². The number of nitrogens with zero attached hydrogens (tertiary/aromatic N) is 1. The van der Waals surface area contributed by atoms with Gasteiger partial charge in [-0.05, 0) is 12.8 Å². The molecule has 0 aromatic carbocycles. The van der Waals surface area contributed by atoms with E-state index in [0.29, 0.717) is 10.5 Å². The van der Waals surface area contributed by atoms with Crippen LogP contribution in [0.2, 0.25) is 0 Å². The zero-order valence-corrected chi connectivity index (χ0v) is 8.58. The summed E-state index contributed by atoms with van der Waals surface area (Å²) in [6, 6.07) is 0.303. The van der Waals surface area contributed by atoms with Gasteiger partial charge in [0.25, 0.3) is 0 Å². The summed E-state index contributed by atoms with van der Waals surface area (Å²) in [5.74, 6) is 0.244. The van der Waals surface area contributed by atoms with Gasteiger partial charge in [0.15, 0.2) is 0 Å². The Bertz CT molecular complexity index is 169. The number of hydrogen-bond donors (Lipinski definition) is 0. The number of hydrogen-bond acceptors (Lipinski definition) is 1. The average Bonchev–Trinajstić information content (AvgIpc) is 2.50. The highest BCUT2D eigenvalue weighted by Gasteiger charge is 2.24. The molecule has 1 rings (SSSR count). The molecular formula is C8H12INO. The number of amides is 1. The average molecular weight is 265 g/mol. The highest BCUT2D eigenvalue weighted by molar-refractivity contribution is 14.1. The lowest BCUT2D eigenvalue weighted by molar-refractivity contribution is -0.128. The molecule has 0 aromatic heterocycles. The van der Waals surface area contributed by atoms with Crippen molar-refractivity contribution in [3.8, 4) is 0 Å². The molecule has 1 atom stereocenters. The number of carbonyl (C=O) groups excluding carboxylic acids is 1. The van der Waals surface area contributed by atoms with Crippen LogP contribution in [0.15, 0.2) is 12.7 Å². The van der Waals surface area contributed by atoms with Crippen molar-refractivity contribution in [2.24, 2.45) is 0 Å². The summed E-state index contributed by atoms with van der Waals surface area (Å²) in [6.45, 7) is 4.63. The number of alkyl halides is 1. The van der Waals surface area contributed by atoms with Crippen LogP contribution in [0.25, 0.3) is 0 Å². The Kier molecular flexibility index (Phi) is 3.36. The topological polar surface area (TPSA) is 20.3 Å². The summed E-state index contributed by atoms with van der Waals surface area (Å²) in [7, 11) is 0. The molecule has 1 heterocycles. The Hall–Kier alpha value is -0.0600. The molecule has 0 aliphatic carbocycles. The molecule has 0 radical (unpaired) electrons. The zero-order valence-electron chi connectivity index (χ0n) is 6.42. The van der Waals surface area contributed by atoms with Gasteiger partial charge in [-0.15, -0.1) is 6.58 Å². The molecule has 0 aromatic rings. The maximum atomic E-state index is 11.3. The van der Waals surface area contributed by atoms with Crippen LogP contribution in [0.4, 0.5) is 0 Å². The lowest BCUT2D eigenvalue weighted by Gasteiger charge is -2.20. The maximum Gasteiger partial charge on any atom is 0.232 e. The second kappa shape index (κ2) is 4.09. The molecule has 1 aliphatic rings. The van der Waals surface area contributed by atoms with Gasteiger partial charge in [-0.2, -0.15) is 0 Å². The van der Waals surface area contributed by atoms with Crippen molar-refractivity contribution in [2.45, 2.75) is 18.9 Å². The van der Waals surface area contributed by atoms with Crippen molar-refractivity contribution in [3.63, 3.8) is 0 Å². The fourth-order valence-electron chi connectivity index (χ4n) is 1.42. The largest absolute Gasteiger partial charge is 0.336 e. The second-order valence-corrected chi connectivity index (χ2v) is 3.43. The molecule has 0 unspecified atom stereocenters. The zero-order chi connectivity index (χ0) is 8.27. The Labute approximate surface area is 80.8 Å². The van der Waals surface area contributed by atoms with E-state index in [1.807, 2.05) is 11.0 Å². The van der Waals surface area contributed by atoms with E-state index >= 15 is 0 Å². The molecule has 1 amide bonds. The van der Waals surface area contributed by atoms with Crippen molar-refractivity contribution in [3.05, 3.63) is 12.7 Å². The van der Waals surface area contributed by atoms with Crippen LogP contribution in [0.3, 0.4) is 0 Å². The van der Waals surface area contributed by atoms with Crippen molar-refractivity contribution >= 4 is 28.5 Å². The van der Waals surface area contributed by atoms with Crippen LogP contribution in [0.5, 0.6) is 0 Å². The first-order chi connectivity index (χ1) is 5.29. The lowest BCUT2D eigenvalue weighted by Crippen LogP contribution is -2.34. The standard InChI is InChI=1S/C8H12INO/c1-2-7-4-3-5-10(7)8(11)6-9/h2,7H,1,3-6H2/t7-/m1/s1. The molecule has 3 heteroatoms. The lowest BCUT2D eigenvalue weighted by atomic mass is 10.2. The summed E-state index contributed by atoms with van der Waals surface area (Å²) >= 11 is 2.10. The molecule has 0 N–H and O–H groups in total. The van der Waals surface area contributed by atoms with Crippen LogP contribution in [-0.4, -0.2) is 27.8 Å². The van der Waals surface area contributed by atoms with Gasteiger partial charge < -0.3 is 4.90 Å². The third-order valence-corrected chi connectivity index (χ3v) is 2.66. The smallest absolute Gasteiger partial charge is 0.232 e. The van der Waals surface area contributed by atoms with E-state index in [-0.39, 0.29) is 5.91 Å². The fraction of sp³-hybridized carbons (Fsp3) is 0.625. The summed E-state index contributed by atoms with van der Waals surface area (Å²) in [4.78, 5) is 13.2. The Morgan fingerprint density at radius 3 is 3.09 bits per heavy atom. The Morgan fingerprint density at radius 2 is 2.55 bits per heavy atom. The number of halogens is 1. The molecule has 0 spiro atoms. The highest BCUT2D eigenvalue weighted by Crippen LogP contribution is 2.18. The third-order valence-electron chi connectivity index (χ3n) is 2.01. The minimum absolute atomic E-state index is 0.244. The predicted octanol–water partition coefficient (Wildman–Crippen LogP) is 1.60. The van der Waals surface area contributed by atoms with Crippen LogP contribution in [0, 0.1) is 0 Å². The minimum atomic E-state index is 0.244. The van der Waals surface area contributed by atoms with Crippen molar-refractivity contribution in [1.82, 2.24) is 4.90 Å². The first kappa shape index (κ1) is 9.03. The van der Waals surface area contributed by atoms with Gasteiger partial charge in [0.1, 0.15) is 0 Å². The van der Waals surface area contributed by atoms with Gasteiger partial charge in [-0.3, -0.25) is 4.79 Å². The van der Waals surface area contributed by atoms with E-state index in [0.717, 1.165) is 19.4 Å². The van der Waals surface area contributed by atoms with Gasteiger partial charge in [-0.25, -0.2) is 0 Å². The predicted molar refractivity (Wildman–Crippen MR) is 53.8 cm³/mol. The fourth-order valence-corrected chi connectivity index (χ4v) is 1.86. The molecule has 1 saturated heterocycles. The summed E-state index contributed by atoms with van der Waals surface area (Å²) in [6.07, 6.45) is 4.09. The van der Waals surface area contributed by atoms with Crippen molar-refractivity contribution in [1.29, 1.82) is 0 Å². The first-order valence-corrected chi connectivity index (χ1v) is 5.30. The van der Waals surface area contributed by atoms with Crippen LogP contribution >= 0.6 is 22.6 Å². The summed E-state index contributed by atoms with van der Waals surface area (Å²) < 4.78 is 0.585. The quantitative estimate of drug-likeness (QED) is 0.422. The van der Waals surface area contributed by atoms with Gasteiger partial charge in [0.05, 0.1) is 4.43 Å². The van der Waals surface area contributed by atoms with Crippen LogP contribution in [-0.2, 0) is 4.79 Å². The van der Waals surface area contributed by atoms with Crippen molar-refractivity contribution < 1.29 is 4.79 Å². The van der Waals surface area contributed by atoms with Gasteiger partial charge >= 0.3 is 0 Å². The Morgan fingerprint density at radius 1 is 1.82 bits per heavy atom. The summed E-state index contributed by atoms with van der Waals surface area (Å²) in [5.41, 5.74) is 0. The molecule has 2 nitrogen and oxygen atoms in total. The number of likely N-dealkylation sites (tertiary alicyclic amines) is 1. The van der Waals surface area contributed by atoms with E-state index in [2.05, 4.69) is 29.2 Å². The Balaban J connectivity index is 2.56. The minimum Gasteiger partial charge on any atom is -0.336 e. The van der Waals surface area contributed by atoms with Gasteiger partial charge in [-0.1, -0.05) is 28.7 Å². The monoisotopic (exact) mass is 265 g/mol. The maximum absolute atomic E-state index is 11.3. The van der Waals surface area contributed by atoms with Gasteiger partial charge in [0.2, 0.25) is 5.91 Å². The van der Waals surface area contributed by atoms with E-state index in [4.69, 9.17) is 0 Å². The van der Waals surface area contributed by atoms with Gasteiger partial charge in [0, 0.05) is 12.6 Å². The molecular weight excluding hydrogens is 253 g/mol. The molecule has 11 heavy (non-hydrogen) atoms. The van der Waals surface area contributed by atoms with E-state index in [1.54, 1.807) is 0 Å². The molecule has 0 saturated carbocycles. The van der Waals surface area contributed by atoms with Crippen LogP contribution < -0.4 is 0 Å². The number of rotatable bonds is 2. The molecule has 0 bridgehead atoms. The molecule has 1 aliphatic heterocycles. The van der Waals surface area contributed by atoms with Crippen molar-refractivity contribution in [2.75, 3.05) is 11.0 Å². The number of carbonyl (C=O) groups is 1. The first-order valence-electron chi connectivity index (χ1n) is 3.77. The summed E-state index contributed by atoms with van der Waals surface area (Å²) in [5, 5.41) is 0. The molecule has 62 valence electrons. The normalized spacial score (nSPS) is 23.7. The van der Waals surface area contributed by atoms with E-state index in [1.165, 1.54) is 0 Å². The molecule has 1 fully saturated rings. The highest BCUT2D eigenvalue weighted by atomic mass is 127. The third kappa shape index (κ3) is 1.95. The van der Waals surface area contributed by atoms with E-state index < -0.39 is 0 Å². The SMILES string of the molecule is C=C[C@@H]1CCCN1C(=O)CI. The second-order valence-electron chi connectivity index (χ2n) is 2.67. The van der Waals surface area contributed by atoms with Crippen LogP contribution in [0.1, 0.15) is 12.8 Å².